The molecule has 1 aromatic carbocycles. The smallest absolute Gasteiger partial charge is 0.262 e. The highest BCUT2D eigenvalue weighted by Gasteiger charge is 2.23. The number of fused-ring (bicyclic) bond motifs is 3. The van der Waals surface area contributed by atoms with Gasteiger partial charge in [-0.2, -0.15) is 0 Å². The van der Waals surface area contributed by atoms with Crippen molar-refractivity contribution in [3.8, 4) is 0 Å². The number of likely N-dealkylation sites (N-methyl/N-ethyl adjacent to an activating group) is 1. The quantitative estimate of drug-likeness (QED) is 0.676. The van der Waals surface area contributed by atoms with Gasteiger partial charge in [0, 0.05) is 18.5 Å². The summed E-state index contributed by atoms with van der Waals surface area (Å²) in [6.07, 6.45) is 4.44. The summed E-state index contributed by atoms with van der Waals surface area (Å²) in [7, 11) is 1.68. The summed E-state index contributed by atoms with van der Waals surface area (Å²) >= 11 is 1.60. The van der Waals surface area contributed by atoms with Gasteiger partial charge in [0.1, 0.15) is 17.2 Å². The van der Waals surface area contributed by atoms with Crippen molar-refractivity contribution in [3.63, 3.8) is 0 Å². The Balaban J connectivity index is 1.55. The molecule has 1 aliphatic carbocycles. The number of hydrogen-bond acceptors (Lipinski definition) is 4. The highest BCUT2D eigenvalue weighted by molar-refractivity contribution is 7.18. The molecule has 2 heterocycles. The molecular weight excluding hydrogens is 377 g/mol. The standard InChI is InChI=1S/C21H22FN3O2S/c1-13-3-8-16-17(9-13)28-20-19(16)21(27)25(12-23-20)11-18(26)24(2)10-14-4-6-15(22)7-5-14/h4-7,12-13H,3,8-11H2,1-2H3/t13-/m1/s1. The first-order valence-corrected chi connectivity index (χ1v) is 10.2. The van der Waals surface area contributed by atoms with Crippen LogP contribution in [0.1, 0.15) is 29.3 Å². The predicted octanol–water partition coefficient (Wildman–Crippen LogP) is 3.38. The third-order valence-corrected chi connectivity index (χ3v) is 6.51. The van der Waals surface area contributed by atoms with Gasteiger partial charge in [-0.1, -0.05) is 19.1 Å². The Labute approximate surface area is 166 Å². The molecule has 0 aliphatic heterocycles. The lowest BCUT2D eigenvalue weighted by Gasteiger charge is -2.18. The van der Waals surface area contributed by atoms with E-state index >= 15 is 0 Å². The third-order valence-electron chi connectivity index (χ3n) is 5.35. The van der Waals surface area contributed by atoms with Crippen molar-refractivity contribution >= 4 is 27.5 Å². The van der Waals surface area contributed by atoms with Gasteiger partial charge in [-0.15, -0.1) is 11.3 Å². The second-order valence-corrected chi connectivity index (χ2v) is 8.67. The number of thiophene rings is 1. The summed E-state index contributed by atoms with van der Waals surface area (Å²) in [6, 6.07) is 6.04. The van der Waals surface area contributed by atoms with E-state index in [4.69, 9.17) is 0 Å². The van der Waals surface area contributed by atoms with Crippen LogP contribution in [0.5, 0.6) is 0 Å². The number of aromatic nitrogens is 2. The van der Waals surface area contributed by atoms with Crippen LogP contribution in [-0.4, -0.2) is 27.4 Å². The minimum absolute atomic E-state index is 0.0551. The molecule has 4 rings (SSSR count). The highest BCUT2D eigenvalue weighted by Crippen LogP contribution is 2.35. The normalized spacial score (nSPS) is 16.2. The van der Waals surface area contributed by atoms with Crippen LogP contribution in [0.2, 0.25) is 0 Å². The average molecular weight is 399 g/mol. The summed E-state index contributed by atoms with van der Waals surface area (Å²) < 4.78 is 14.4. The van der Waals surface area contributed by atoms with Gasteiger partial charge in [-0.05, 0) is 48.4 Å². The van der Waals surface area contributed by atoms with Crippen LogP contribution in [0.25, 0.3) is 10.2 Å². The number of hydrogen-bond donors (Lipinski definition) is 0. The van der Waals surface area contributed by atoms with Gasteiger partial charge in [0.2, 0.25) is 5.91 Å². The fourth-order valence-electron chi connectivity index (χ4n) is 3.70. The lowest BCUT2D eigenvalue weighted by Crippen LogP contribution is -2.33. The molecule has 7 heteroatoms. The van der Waals surface area contributed by atoms with E-state index in [1.165, 1.54) is 32.8 Å². The molecule has 1 atom stereocenters. The second-order valence-electron chi connectivity index (χ2n) is 7.59. The molecule has 0 unspecified atom stereocenters. The van der Waals surface area contributed by atoms with Crippen molar-refractivity contribution < 1.29 is 9.18 Å². The van der Waals surface area contributed by atoms with E-state index in [2.05, 4.69) is 11.9 Å². The maximum atomic E-state index is 13.0. The maximum absolute atomic E-state index is 13.0. The Hall–Kier alpha value is -2.54. The van der Waals surface area contributed by atoms with E-state index in [9.17, 15) is 14.0 Å². The summed E-state index contributed by atoms with van der Waals surface area (Å²) in [5, 5.41) is 0.684. The minimum atomic E-state index is -0.308. The summed E-state index contributed by atoms with van der Waals surface area (Å²) in [5.74, 6) is 0.131. The number of nitrogens with zero attached hydrogens (tertiary/aromatic N) is 3. The van der Waals surface area contributed by atoms with Crippen LogP contribution in [0.15, 0.2) is 35.4 Å². The molecule has 146 valence electrons. The van der Waals surface area contributed by atoms with Crippen LogP contribution in [0.3, 0.4) is 0 Å². The van der Waals surface area contributed by atoms with Crippen LogP contribution < -0.4 is 5.56 Å². The molecule has 1 aliphatic rings. The van der Waals surface area contributed by atoms with E-state index < -0.39 is 0 Å². The predicted molar refractivity (Wildman–Crippen MR) is 108 cm³/mol. The zero-order valence-corrected chi connectivity index (χ0v) is 16.8. The van der Waals surface area contributed by atoms with Gasteiger partial charge in [0.25, 0.3) is 5.56 Å². The molecule has 0 radical (unpaired) electrons. The van der Waals surface area contributed by atoms with Crippen LogP contribution >= 0.6 is 11.3 Å². The zero-order valence-electron chi connectivity index (χ0n) is 15.9. The van der Waals surface area contributed by atoms with Crippen LogP contribution in [-0.2, 0) is 30.7 Å². The van der Waals surface area contributed by atoms with Gasteiger partial charge in [0.15, 0.2) is 0 Å². The van der Waals surface area contributed by atoms with Crippen LogP contribution in [0, 0.1) is 11.7 Å². The Morgan fingerprint density at radius 3 is 2.86 bits per heavy atom. The number of amides is 1. The van der Waals surface area contributed by atoms with E-state index in [1.54, 1.807) is 30.5 Å². The topological polar surface area (TPSA) is 55.2 Å². The summed E-state index contributed by atoms with van der Waals surface area (Å²) in [6.45, 7) is 2.53. The van der Waals surface area contributed by atoms with E-state index in [-0.39, 0.29) is 23.8 Å². The van der Waals surface area contributed by atoms with E-state index in [1.807, 2.05) is 0 Å². The van der Waals surface area contributed by atoms with Crippen molar-refractivity contribution in [2.45, 2.75) is 39.3 Å². The maximum Gasteiger partial charge on any atom is 0.262 e. The lowest BCUT2D eigenvalue weighted by atomic mass is 9.89. The van der Waals surface area contributed by atoms with Gasteiger partial charge in [0.05, 0.1) is 11.7 Å². The van der Waals surface area contributed by atoms with Gasteiger partial charge in [-0.25, -0.2) is 9.37 Å². The Kier molecular flexibility index (Phi) is 5.02. The first-order valence-electron chi connectivity index (χ1n) is 9.40. The van der Waals surface area contributed by atoms with E-state index in [0.29, 0.717) is 17.8 Å². The van der Waals surface area contributed by atoms with Gasteiger partial charge in [-0.3, -0.25) is 14.2 Å². The number of carbonyl (C=O) groups excluding carboxylic acids is 1. The first kappa shape index (κ1) is 18.8. The van der Waals surface area contributed by atoms with E-state index in [0.717, 1.165) is 35.2 Å². The number of benzene rings is 1. The fraction of sp³-hybridized carbons (Fsp3) is 0.381. The highest BCUT2D eigenvalue weighted by atomic mass is 32.1. The van der Waals surface area contributed by atoms with Crippen molar-refractivity contribution in [2.24, 2.45) is 5.92 Å². The van der Waals surface area contributed by atoms with Crippen molar-refractivity contribution in [1.29, 1.82) is 0 Å². The van der Waals surface area contributed by atoms with Gasteiger partial charge < -0.3 is 4.90 Å². The molecular formula is C21H22FN3O2S. The van der Waals surface area contributed by atoms with Gasteiger partial charge >= 0.3 is 0 Å². The molecule has 0 saturated heterocycles. The molecule has 1 amide bonds. The molecule has 0 saturated carbocycles. The number of halogens is 1. The second kappa shape index (κ2) is 7.47. The molecule has 5 nitrogen and oxygen atoms in total. The molecule has 0 N–H and O–H groups in total. The fourth-order valence-corrected chi connectivity index (χ4v) is 5.04. The molecule has 3 aromatic rings. The molecule has 0 fully saturated rings. The summed E-state index contributed by atoms with van der Waals surface area (Å²) in [4.78, 5) is 33.6. The number of rotatable bonds is 4. The van der Waals surface area contributed by atoms with Crippen molar-refractivity contribution in [1.82, 2.24) is 14.5 Å². The van der Waals surface area contributed by atoms with Crippen molar-refractivity contribution in [2.75, 3.05) is 7.05 Å². The molecule has 28 heavy (non-hydrogen) atoms. The lowest BCUT2D eigenvalue weighted by molar-refractivity contribution is -0.131. The number of carbonyl (C=O) groups is 1. The first-order chi connectivity index (χ1) is 13.4. The summed E-state index contributed by atoms with van der Waals surface area (Å²) in [5.41, 5.74) is 1.82. The SMILES string of the molecule is C[C@@H]1CCc2c(sc3ncn(CC(=O)N(C)Cc4ccc(F)cc4)c(=O)c23)C1. The Morgan fingerprint density at radius 1 is 1.36 bits per heavy atom. The molecule has 0 spiro atoms. The van der Waals surface area contributed by atoms with Crippen LogP contribution in [0.4, 0.5) is 4.39 Å². The Bertz CT molecular complexity index is 1090. The third kappa shape index (κ3) is 3.58. The zero-order chi connectivity index (χ0) is 19.8. The minimum Gasteiger partial charge on any atom is -0.340 e. The molecule has 0 bridgehead atoms. The van der Waals surface area contributed by atoms with Crippen molar-refractivity contribution in [3.05, 3.63) is 62.8 Å². The average Bonchev–Trinajstić information content (AvgIpc) is 3.03. The monoisotopic (exact) mass is 399 g/mol. The number of aryl methyl sites for hydroxylation is 1. The largest absolute Gasteiger partial charge is 0.340 e. The molecule has 2 aromatic heterocycles. The Morgan fingerprint density at radius 2 is 2.11 bits per heavy atom.